The van der Waals surface area contributed by atoms with Crippen LogP contribution < -0.4 is 5.32 Å². The van der Waals surface area contributed by atoms with Crippen LogP contribution in [0.3, 0.4) is 0 Å². The maximum atomic E-state index is 12.8. The van der Waals surface area contributed by atoms with E-state index in [0.717, 1.165) is 32.4 Å². The molecule has 1 heterocycles. The Labute approximate surface area is 168 Å². The van der Waals surface area contributed by atoms with Gasteiger partial charge in [0.2, 0.25) is 5.91 Å². The average Bonchev–Trinajstić information content (AvgIpc) is 3.30. The van der Waals surface area contributed by atoms with Gasteiger partial charge in [0.25, 0.3) is 5.91 Å². The van der Waals surface area contributed by atoms with Crippen molar-refractivity contribution in [3.8, 4) is 0 Å². The van der Waals surface area contributed by atoms with Gasteiger partial charge in [-0.25, -0.2) is 0 Å². The molecule has 2 fully saturated rings. The van der Waals surface area contributed by atoms with Crippen LogP contribution in [0.25, 0.3) is 0 Å². The number of carboxylic acid groups (broad SMARTS) is 1. The summed E-state index contributed by atoms with van der Waals surface area (Å²) in [6.07, 6.45) is 7.70. The quantitative estimate of drug-likeness (QED) is 0.755. The van der Waals surface area contributed by atoms with Gasteiger partial charge in [0.15, 0.2) is 0 Å². The van der Waals surface area contributed by atoms with E-state index < -0.39 is 17.8 Å². The first-order valence-corrected chi connectivity index (χ1v) is 10.1. The Morgan fingerprint density at radius 2 is 1.71 bits per heavy atom. The molecular formula is C21H23ClN2O4. The summed E-state index contributed by atoms with van der Waals surface area (Å²) in [5, 5.41) is 12.6. The van der Waals surface area contributed by atoms with Crippen LogP contribution in [0.15, 0.2) is 30.4 Å². The van der Waals surface area contributed by atoms with Gasteiger partial charge in [0.05, 0.1) is 22.4 Å². The molecule has 1 saturated heterocycles. The van der Waals surface area contributed by atoms with Crippen LogP contribution in [0.1, 0.15) is 36.0 Å². The number of aliphatic carboxylic acids is 1. The highest BCUT2D eigenvalue weighted by atomic mass is 35.5. The standard InChI is InChI=1S/C21H23ClN2O4/c22-16-11-14(6-7-15(16)20(26)24-8-2-1-3-9-24)23-19(25)17-12-4-5-13(10-12)18(17)21(27)28/h4-7,11-13,17-18H,1-3,8-10H2,(H,23,25)(H,27,28)/t12-,13-,17+,18+/m0/s1. The number of rotatable bonds is 4. The van der Waals surface area contributed by atoms with Crippen molar-refractivity contribution < 1.29 is 19.5 Å². The number of hydrogen-bond acceptors (Lipinski definition) is 3. The van der Waals surface area contributed by atoms with Gasteiger partial charge in [0, 0.05) is 18.8 Å². The number of nitrogens with zero attached hydrogens (tertiary/aromatic N) is 1. The molecular weight excluding hydrogens is 380 g/mol. The molecule has 28 heavy (non-hydrogen) atoms. The van der Waals surface area contributed by atoms with Crippen molar-refractivity contribution >= 4 is 35.1 Å². The van der Waals surface area contributed by atoms with Gasteiger partial charge in [-0.3, -0.25) is 14.4 Å². The second-order valence-corrected chi connectivity index (χ2v) is 8.28. The van der Waals surface area contributed by atoms with Gasteiger partial charge in [-0.05, 0) is 55.7 Å². The van der Waals surface area contributed by atoms with Gasteiger partial charge in [-0.15, -0.1) is 0 Å². The molecule has 7 heteroatoms. The molecule has 0 radical (unpaired) electrons. The number of carbonyl (C=O) groups is 3. The number of nitrogens with one attached hydrogen (secondary N) is 1. The summed E-state index contributed by atoms with van der Waals surface area (Å²) in [5.74, 6) is -2.72. The Kier molecular flexibility index (Phi) is 5.15. The fourth-order valence-corrected chi connectivity index (χ4v) is 5.04. The van der Waals surface area contributed by atoms with Crippen LogP contribution in [0, 0.1) is 23.7 Å². The molecule has 148 valence electrons. The lowest BCUT2D eigenvalue weighted by Crippen LogP contribution is -2.36. The summed E-state index contributed by atoms with van der Waals surface area (Å²) < 4.78 is 0. The summed E-state index contributed by atoms with van der Waals surface area (Å²) in [5.41, 5.74) is 0.897. The molecule has 0 aromatic heterocycles. The molecule has 1 saturated carbocycles. The third-order valence-corrected chi connectivity index (χ3v) is 6.47. The van der Waals surface area contributed by atoms with Crippen molar-refractivity contribution in [2.45, 2.75) is 25.7 Å². The van der Waals surface area contributed by atoms with Crippen molar-refractivity contribution in [1.29, 1.82) is 0 Å². The van der Waals surface area contributed by atoms with E-state index in [1.165, 1.54) is 0 Å². The monoisotopic (exact) mass is 402 g/mol. The van der Waals surface area contributed by atoms with Crippen LogP contribution in [0.2, 0.25) is 5.02 Å². The third-order valence-electron chi connectivity index (χ3n) is 6.16. The second kappa shape index (κ2) is 7.59. The minimum atomic E-state index is -0.933. The lowest BCUT2D eigenvalue weighted by atomic mass is 9.82. The number of halogens is 1. The third kappa shape index (κ3) is 3.41. The molecule has 0 spiro atoms. The number of anilines is 1. The van der Waals surface area contributed by atoms with Crippen LogP contribution >= 0.6 is 11.6 Å². The van der Waals surface area contributed by atoms with Crippen LogP contribution in [-0.4, -0.2) is 40.9 Å². The van der Waals surface area contributed by atoms with Gasteiger partial charge < -0.3 is 15.3 Å². The zero-order valence-electron chi connectivity index (χ0n) is 15.4. The number of piperidine rings is 1. The zero-order valence-corrected chi connectivity index (χ0v) is 16.2. The molecule has 1 aromatic rings. The van der Waals surface area contributed by atoms with E-state index in [4.69, 9.17) is 11.6 Å². The predicted octanol–water partition coefficient (Wildman–Crippen LogP) is 3.43. The van der Waals surface area contributed by atoms with E-state index in [2.05, 4.69) is 5.32 Å². The lowest BCUT2D eigenvalue weighted by molar-refractivity contribution is -0.146. The molecule has 2 aliphatic carbocycles. The highest BCUT2D eigenvalue weighted by Gasteiger charge is 2.51. The van der Waals surface area contributed by atoms with Crippen LogP contribution in [0.4, 0.5) is 5.69 Å². The minimum Gasteiger partial charge on any atom is -0.481 e. The summed E-state index contributed by atoms with van der Waals surface area (Å²) in [6.45, 7) is 1.48. The molecule has 3 aliphatic rings. The maximum absolute atomic E-state index is 12.8. The van der Waals surface area contributed by atoms with E-state index in [1.807, 2.05) is 17.1 Å². The number of benzene rings is 1. The summed E-state index contributed by atoms with van der Waals surface area (Å²) in [6, 6.07) is 4.85. The van der Waals surface area contributed by atoms with E-state index >= 15 is 0 Å². The maximum Gasteiger partial charge on any atom is 0.307 e. The van der Waals surface area contributed by atoms with Gasteiger partial charge in [0.1, 0.15) is 0 Å². The molecule has 2 N–H and O–H groups in total. The summed E-state index contributed by atoms with van der Waals surface area (Å²) in [4.78, 5) is 38.8. The highest BCUT2D eigenvalue weighted by Crippen LogP contribution is 2.48. The Hall–Kier alpha value is -2.34. The molecule has 0 unspecified atom stereocenters. The fraction of sp³-hybridized carbons (Fsp3) is 0.476. The van der Waals surface area contributed by atoms with E-state index in [0.29, 0.717) is 17.7 Å². The van der Waals surface area contributed by atoms with Crippen molar-refractivity contribution in [3.63, 3.8) is 0 Å². The normalized spacial score (nSPS) is 28.4. The lowest BCUT2D eigenvalue weighted by Gasteiger charge is -2.27. The molecule has 2 bridgehead atoms. The first kappa shape index (κ1) is 19.0. The predicted molar refractivity (Wildman–Crippen MR) is 105 cm³/mol. The van der Waals surface area contributed by atoms with Crippen molar-refractivity contribution in [2.24, 2.45) is 23.7 Å². The van der Waals surface area contributed by atoms with Crippen LogP contribution in [-0.2, 0) is 9.59 Å². The Morgan fingerprint density at radius 1 is 1.04 bits per heavy atom. The molecule has 4 atom stereocenters. The first-order valence-electron chi connectivity index (χ1n) is 9.76. The van der Waals surface area contributed by atoms with Gasteiger partial charge in [-0.2, -0.15) is 0 Å². The molecule has 2 amide bonds. The Bertz CT molecular complexity index is 847. The van der Waals surface area contributed by atoms with Gasteiger partial charge >= 0.3 is 5.97 Å². The van der Waals surface area contributed by atoms with Crippen molar-refractivity contribution in [3.05, 3.63) is 40.9 Å². The number of carboxylic acids is 1. The molecule has 1 aliphatic heterocycles. The largest absolute Gasteiger partial charge is 0.481 e. The topological polar surface area (TPSA) is 86.7 Å². The minimum absolute atomic E-state index is 0.0403. The van der Waals surface area contributed by atoms with E-state index in [9.17, 15) is 19.5 Å². The second-order valence-electron chi connectivity index (χ2n) is 7.87. The number of hydrogen-bond donors (Lipinski definition) is 2. The number of likely N-dealkylation sites (tertiary alicyclic amines) is 1. The number of fused-ring (bicyclic) bond motifs is 2. The molecule has 1 aromatic carbocycles. The summed E-state index contributed by atoms with van der Waals surface area (Å²) in [7, 11) is 0. The zero-order chi connectivity index (χ0) is 19.8. The average molecular weight is 403 g/mol. The van der Waals surface area contributed by atoms with Crippen molar-refractivity contribution in [1.82, 2.24) is 4.90 Å². The van der Waals surface area contributed by atoms with Crippen LogP contribution in [0.5, 0.6) is 0 Å². The van der Waals surface area contributed by atoms with E-state index in [-0.39, 0.29) is 28.7 Å². The first-order chi connectivity index (χ1) is 13.5. The van der Waals surface area contributed by atoms with Crippen molar-refractivity contribution in [2.75, 3.05) is 18.4 Å². The SMILES string of the molecule is O=C(O)[C@H]1[C@H](C(=O)Nc2ccc(C(=O)N3CCCCC3)c(Cl)c2)[C@H]2C=C[C@H]1C2. The smallest absolute Gasteiger partial charge is 0.307 e. The Morgan fingerprint density at radius 3 is 2.36 bits per heavy atom. The van der Waals surface area contributed by atoms with Gasteiger partial charge in [-0.1, -0.05) is 23.8 Å². The van der Waals surface area contributed by atoms with E-state index in [1.54, 1.807) is 18.2 Å². The number of allylic oxidation sites excluding steroid dienone is 2. The molecule has 6 nitrogen and oxygen atoms in total. The number of amides is 2. The molecule has 4 rings (SSSR count). The number of carbonyl (C=O) groups excluding carboxylic acids is 2. The fourth-order valence-electron chi connectivity index (χ4n) is 4.78. The summed E-state index contributed by atoms with van der Waals surface area (Å²) >= 11 is 6.32. The highest BCUT2D eigenvalue weighted by molar-refractivity contribution is 6.34. The Balaban J connectivity index is 1.47.